The quantitative estimate of drug-likeness (QED) is 0.837. The standard InChI is InChI=1S/C15H27N5O/c1-12-6-5-8-20(9-7-12)15(21)11-18(3)10-14-17-16-13(2)19(14)4/h12H,5-11H2,1-4H3/t12-/m1/s1. The van der Waals surface area contributed by atoms with Gasteiger partial charge in [-0.1, -0.05) is 6.92 Å². The first-order valence-electron chi connectivity index (χ1n) is 7.78. The molecule has 1 aromatic rings. The van der Waals surface area contributed by atoms with Gasteiger partial charge in [0, 0.05) is 20.1 Å². The maximum atomic E-state index is 12.4. The number of rotatable bonds is 4. The van der Waals surface area contributed by atoms with E-state index in [2.05, 4.69) is 17.1 Å². The number of likely N-dealkylation sites (N-methyl/N-ethyl adjacent to an activating group) is 1. The zero-order valence-electron chi connectivity index (χ0n) is 13.7. The number of aromatic nitrogens is 3. The largest absolute Gasteiger partial charge is 0.342 e. The van der Waals surface area contributed by atoms with Crippen LogP contribution < -0.4 is 0 Å². The van der Waals surface area contributed by atoms with Crippen molar-refractivity contribution in [2.45, 2.75) is 39.7 Å². The molecule has 0 unspecified atom stereocenters. The van der Waals surface area contributed by atoms with Crippen LogP contribution >= 0.6 is 0 Å². The van der Waals surface area contributed by atoms with Gasteiger partial charge in [0.15, 0.2) is 0 Å². The van der Waals surface area contributed by atoms with Gasteiger partial charge >= 0.3 is 0 Å². The molecule has 118 valence electrons. The van der Waals surface area contributed by atoms with Crippen molar-refractivity contribution in [3.05, 3.63) is 11.6 Å². The molecular weight excluding hydrogens is 266 g/mol. The van der Waals surface area contributed by atoms with Crippen molar-refractivity contribution in [3.8, 4) is 0 Å². The molecule has 1 aliphatic rings. The van der Waals surface area contributed by atoms with Crippen molar-refractivity contribution < 1.29 is 4.79 Å². The molecule has 1 amide bonds. The predicted octanol–water partition coefficient (Wildman–Crippen LogP) is 1.20. The third-order valence-corrected chi connectivity index (χ3v) is 4.37. The second-order valence-electron chi connectivity index (χ2n) is 6.31. The molecule has 0 N–H and O–H groups in total. The summed E-state index contributed by atoms with van der Waals surface area (Å²) < 4.78 is 1.97. The van der Waals surface area contributed by atoms with Gasteiger partial charge in [0.1, 0.15) is 11.6 Å². The minimum atomic E-state index is 0.227. The van der Waals surface area contributed by atoms with Gasteiger partial charge in [0.25, 0.3) is 0 Å². The predicted molar refractivity (Wildman–Crippen MR) is 81.7 cm³/mol. The molecule has 2 rings (SSSR count). The highest BCUT2D eigenvalue weighted by Crippen LogP contribution is 2.16. The molecule has 1 aromatic heterocycles. The molecule has 0 aromatic carbocycles. The Labute approximate surface area is 127 Å². The van der Waals surface area contributed by atoms with Gasteiger partial charge in [0.2, 0.25) is 5.91 Å². The number of nitrogens with zero attached hydrogens (tertiary/aromatic N) is 5. The number of likely N-dealkylation sites (tertiary alicyclic amines) is 1. The lowest BCUT2D eigenvalue weighted by molar-refractivity contribution is -0.132. The summed E-state index contributed by atoms with van der Waals surface area (Å²) in [6.07, 6.45) is 3.48. The highest BCUT2D eigenvalue weighted by atomic mass is 16.2. The molecule has 0 spiro atoms. The second-order valence-corrected chi connectivity index (χ2v) is 6.31. The molecule has 1 aliphatic heterocycles. The van der Waals surface area contributed by atoms with Gasteiger partial charge in [-0.05, 0) is 39.2 Å². The molecule has 1 fully saturated rings. The van der Waals surface area contributed by atoms with E-state index in [4.69, 9.17) is 0 Å². The number of hydrogen-bond donors (Lipinski definition) is 0. The summed E-state index contributed by atoms with van der Waals surface area (Å²) in [5, 5.41) is 8.20. The van der Waals surface area contributed by atoms with Crippen LogP contribution in [0.1, 0.15) is 37.8 Å². The van der Waals surface area contributed by atoms with E-state index in [0.29, 0.717) is 13.1 Å². The Hall–Kier alpha value is -1.43. The fraction of sp³-hybridized carbons (Fsp3) is 0.800. The molecule has 6 nitrogen and oxygen atoms in total. The lowest BCUT2D eigenvalue weighted by Gasteiger charge is -2.24. The molecule has 0 saturated carbocycles. The van der Waals surface area contributed by atoms with E-state index in [1.807, 2.05) is 35.4 Å². The smallest absolute Gasteiger partial charge is 0.236 e. The Morgan fingerprint density at radius 2 is 2.10 bits per heavy atom. The van der Waals surface area contributed by atoms with Crippen molar-refractivity contribution in [1.29, 1.82) is 0 Å². The minimum absolute atomic E-state index is 0.227. The fourth-order valence-corrected chi connectivity index (χ4v) is 2.73. The van der Waals surface area contributed by atoms with Gasteiger partial charge in [0.05, 0.1) is 13.1 Å². The SMILES string of the molecule is Cc1nnc(CN(C)CC(=O)N2CCC[C@@H](C)CC2)n1C. The summed E-state index contributed by atoms with van der Waals surface area (Å²) in [5.41, 5.74) is 0. The van der Waals surface area contributed by atoms with Crippen LogP contribution in [0.3, 0.4) is 0 Å². The van der Waals surface area contributed by atoms with E-state index in [-0.39, 0.29) is 5.91 Å². The van der Waals surface area contributed by atoms with E-state index in [0.717, 1.165) is 43.5 Å². The Kier molecular flexibility index (Phi) is 5.33. The van der Waals surface area contributed by atoms with Gasteiger partial charge in [-0.15, -0.1) is 10.2 Å². The normalized spacial score (nSPS) is 19.9. The molecule has 21 heavy (non-hydrogen) atoms. The van der Waals surface area contributed by atoms with Gasteiger partial charge < -0.3 is 9.47 Å². The Balaban J connectivity index is 1.85. The number of aryl methyl sites for hydroxylation is 1. The van der Waals surface area contributed by atoms with E-state index in [1.54, 1.807) is 0 Å². The average molecular weight is 293 g/mol. The van der Waals surface area contributed by atoms with Crippen molar-refractivity contribution in [2.75, 3.05) is 26.7 Å². The van der Waals surface area contributed by atoms with Crippen molar-refractivity contribution in [2.24, 2.45) is 13.0 Å². The van der Waals surface area contributed by atoms with Crippen molar-refractivity contribution >= 4 is 5.91 Å². The molecule has 1 saturated heterocycles. The minimum Gasteiger partial charge on any atom is -0.342 e. The van der Waals surface area contributed by atoms with Crippen LogP contribution in [-0.2, 0) is 18.4 Å². The number of hydrogen-bond acceptors (Lipinski definition) is 4. The van der Waals surface area contributed by atoms with Gasteiger partial charge in [-0.2, -0.15) is 0 Å². The Morgan fingerprint density at radius 1 is 1.33 bits per heavy atom. The van der Waals surface area contributed by atoms with Crippen LogP contribution in [0.2, 0.25) is 0 Å². The van der Waals surface area contributed by atoms with Crippen LogP contribution in [-0.4, -0.2) is 57.2 Å². The van der Waals surface area contributed by atoms with E-state index < -0.39 is 0 Å². The molecule has 1 atom stereocenters. The zero-order valence-corrected chi connectivity index (χ0v) is 13.7. The lowest BCUT2D eigenvalue weighted by atomic mass is 10.0. The summed E-state index contributed by atoms with van der Waals surface area (Å²) in [5.74, 6) is 2.76. The first-order chi connectivity index (χ1) is 9.97. The summed E-state index contributed by atoms with van der Waals surface area (Å²) in [6, 6.07) is 0. The molecular formula is C15H27N5O. The van der Waals surface area contributed by atoms with Crippen LogP contribution in [0, 0.1) is 12.8 Å². The maximum absolute atomic E-state index is 12.4. The first-order valence-corrected chi connectivity index (χ1v) is 7.78. The fourth-order valence-electron chi connectivity index (χ4n) is 2.73. The van der Waals surface area contributed by atoms with Crippen molar-refractivity contribution in [3.63, 3.8) is 0 Å². The number of amides is 1. The Morgan fingerprint density at radius 3 is 2.76 bits per heavy atom. The average Bonchev–Trinajstić information content (AvgIpc) is 2.65. The first kappa shape index (κ1) is 15.9. The van der Waals surface area contributed by atoms with Gasteiger partial charge in [-0.25, -0.2) is 0 Å². The third kappa shape index (κ3) is 4.27. The van der Waals surface area contributed by atoms with Gasteiger partial charge in [-0.3, -0.25) is 9.69 Å². The lowest BCUT2D eigenvalue weighted by Crippen LogP contribution is -2.39. The summed E-state index contributed by atoms with van der Waals surface area (Å²) in [7, 11) is 3.92. The molecule has 2 heterocycles. The van der Waals surface area contributed by atoms with E-state index in [9.17, 15) is 4.79 Å². The topological polar surface area (TPSA) is 54.3 Å². The summed E-state index contributed by atoms with van der Waals surface area (Å²) in [6.45, 7) is 7.10. The maximum Gasteiger partial charge on any atom is 0.236 e. The third-order valence-electron chi connectivity index (χ3n) is 4.37. The zero-order chi connectivity index (χ0) is 15.4. The van der Waals surface area contributed by atoms with Crippen LogP contribution in [0.25, 0.3) is 0 Å². The molecule has 0 aliphatic carbocycles. The molecule has 0 bridgehead atoms. The monoisotopic (exact) mass is 293 g/mol. The number of carbonyl (C=O) groups excluding carboxylic acids is 1. The second kappa shape index (κ2) is 7.02. The van der Waals surface area contributed by atoms with E-state index in [1.165, 1.54) is 6.42 Å². The van der Waals surface area contributed by atoms with Crippen LogP contribution in [0.15, 0.2) is 0 Å². The molecule has 0 radical (unpaired) electrons. The number of carbonyl (C=O) groups is 1. The Bertz CT molecular complexity index is 484. The summed E-state index contributed by atoms with van der Waals surface area (Å²) in [4.78, 5) is 16.4. The van der Waals surface area contributed by atoms with Crippen LogP contribution in [0.5, 0.6) is 0 Å². The molecule has 6 heteroatoms. The highest BCUT2D eigenvalue weighted by molar-refractivity contribution is 5.78. The highest BCUT2D eigenvalue weighted by Gasteiger charge is 2.20. The van der Waals surface area contributed by atoms with Crippen molar-refractivity contribution in [1.82, 2.24) is 24.6 Å². The van der Waals surface area contributed by atoms with E-state index >= 15 is 0 Å². The van der Waals surface area contributed by atoms with Crippen LogP contribution in [0.4, 0.5) is 0 Å². The summed E-state index contributed by atoms with van der Waals surface area (Å²) >= 11 is 0.